The van der Waals surface area contributed by atoms with E-state index in [4.69, 9.17) is 16.6 Å². The van der Waals surface area contributed by atoms with Crippen molar-refractivity contribution < 1.29 is 0 Å². The molecule has 0 amide bonds. The summed E-state index contributed by atoms with van der Waals surface area (Å²) in [5, 5.41) is 7.85. The summed E-state index contributed by atoms with van der Waals surface area (Å²) in [7, 11) is 0. The van der Waals surface area contributed by atoms with Gasteiger partial charge in [-0.3, -0.25) is 0 Å². The lowest BCUT2D eigenvalue weighted by molar-refractivity contribution is 1.18. The van der Waals surface area contributed by atoms with E-state index in [0.29, 0.717) is 11.0 Å². The minimum Gasteiger partial charge on any atom is -0.228 e. The monoisotopic (exact) mass is 416 g/mol. The molecule has 0 radical (unpaired) electrons. The quantitative estimate of drug-likeness (QED) is 0.211. The van der Waals surface area contributed by atoms with E-state index in [1.807, 2.05) is 36.4 Å². The highest BCUT2D eigenvalue weighted by molar-refractivity contribution is 6.29. The number of aromatic nitrogens is 2. The van der Waals surface area contributed by atoms with Gasteiger partial charge in [-0.2, -0.15) is 0 Å². The van der Waals surface area contributed by atoms with E-state index in [1.54, 1.807) is 0 Å². The summed E-state index contributed by atoms with van der Waals surface area (Å²) >= 11 is 6.39. The van der Waals surface area contributed by atoms with Gasteiger partial charge < -0.3 is 0 Å². The molecule has 3 heteroatoms. The average molecular weight is 417 g/mol. The SMILES string of the molecule is Clc1cc(-c2ccccc2)nc(-c2ccc3c4ccccc4c4ccccc4c3c2)n1. The Morgan fingerprint density at radius 3 is 1.65 bits per heavy atom. The zero-order chi connectivity index (χ0) is 20.8. The first-order valence-electron chi connectivity index (χ1n) is 10.2. The van der Waals surface area contributed by atoms with Crippen molar-refractivity contribution in [2.75, 3.05) is 0 Å². The Kier molecular flexibility index (Phi) is 4.19. The molecule has 0 unspecified atom stereocenters. The van der Waals surface area contributed by atoms with Crippen molar-refractivity contribution in [2.24, 2.45) is 0 Å². The predicted molar refractivity (Wildman–Crippen MR) is 130 cm³/mol. The van der Waals surface area contributed by atoms with Crippen LogP contribution in [0.3, 0.4) is 0 Å². The molecule has 31 heavy (non-hydrogen) atoms. The molecule has 5 aromatic carbocycles. The summed E-state index contributed by atoms with van der Waals surface area (Å²) < 4.78 is 0. The van der Waals surface area contributed by atoms with Crippen LogP contribution in [0, 0.1) is 0 Å². The predicted octanol–water partition coefficient (Wildman–Crippen LogP) is 7.92. The van der Waals surface area contributed by atoms with Crippen LogP contribution in [0.15, 0.2) is 103 Å². The van der Waals surface area contributed by atoms with Crippen LogP contribution in [0.2, 0.25) is 5.15 Å². The van der Waals surface area contributed by atoms with Gasteiger partial charge in [-0.25, -0.2) is 9.97 Å². The molecule has 0 fully saturated rings. The van der Waals surface area contributed by atoms with Gasteiger partial charge in [-0.15, -0.1) is 0 Å². The molecule has 0 aliphatic rings. The highest BCUT2D eigenvalue weighted by Gasteiger charge is 2.12. The van der Waals surface area contributed by atoms with Crippen LogP contribution in [0.25, 0.3) is 55.0 Å². The van der Waals surface area contributed by atoms with E-state index in [1.165, 1.54) is 32.3 Å². The van der Waals surface area contributed by atoms with E-state index in [-0.39, 0.29) is 0 Å². The fraction of sp³-hybridized carbons (Fsp3) is 0. The van der Waals surface area contributed by atoms with Crippen LogP contribution in [-0.2, 0) is 0 Å². The topological polar surface area (TPSA) is 25.8 Å². The van der Waals surface area contributed by atoms with Crippen molar-refractivity contribution in [3.05, 3.63) is 108 Å². The van der Waals surface area contributed by atoms with E-state index in [2.05, 4.69) is 71.7 Å². The molecule has 0 aliphatic carbocycles. The minimum atomic E-state index is 0.437. The Labute approximate surface area is 184 Å². The van der Waals surface area contributed by atoms with Gasteiger partial charge in [0.2, 0.25) is 0 Å². The second-order valence-corrected chi connectivity index (χ2v) is 8.00. The van der Waals surface area contributed by atoms with Gasteiger partial charge in [-0.1, -0.05) is 103 Å². The molecule has 0 aliphatic heterocycles. The highest BCUT2D eigenvalue weighted by Crippen LogP contribution is 2.36. The van der Waals surface area contributed by atoms with Crippen LogP contribution in [0.4, 0.5) is 0 Å². The Hall–Kier alpha value is -3.75. The number of nitrogens with zero attached hydrogens (tertiary/aromatic N) is 2. The van der Waals surface area contributed by atoms with Crippen molar-refractivity contribution >= 4 is 43.9 Å². The molecule has 1 heterocycles. The van der Waals surface area contributed by atoms with Crippen LogP contribution in [0.5, 0.6) is 0 Å². The molecular weight excluding hydrogens is 400 g/mol. The van der Waals surface area contributed by atoms with Gasteiger partial charge in [0.15, 0.2) is 5.82 Å². The number of benzene rings is 5. The zero-order valence-corrected chi connectivity index (χ0v) is 17.3. The highest BCUT2D eigenvalue weighted by atomic mass is 35.5. The van der Waals surface area contributed by atoms with Crippen molar-refractivity contribution in [1.82, 2.24) is 9.97 Å². The lowest BCUT2D eigenvalue weighted by Gasteiger charge is -2.12. The third-order valence-electron chi connectivity index (χ3n) is 5.77. The van der Waals surface area contributed by atoms with Gasteiger partial charge in [-0.05, 0) is 38.4 Å². The molecule has 0 saturated carbocycles. The summed E-state index contributed by atoms with van der Waals surface area (Å²) in [6.45, 7) is 0. The lowest BCUT2D eigenvalue weighted by Crippen LogP contribution is -1.93. The third-order valence-corrected chi connectivity index (χ3v) is 5.96. The lowest BCUT2D eigenvalue weighted by atomic mass is 9.93. The summed E-state index contributed by atoms with van der Waals surface area (Å²) in [4.78, 5) is 9.36. The van der Waals surface area contributed by atoms with Crippen molar-refractivity contribution in [2.45, 2.75) is 0 Å². The second-order valence-electron chi connectivity index (χ2n) is 7.62. The van der Waals surface area contributed by atoms with E-state index < -0.39 is 0 Å². The second kappa shape index (κ2) is 7.19. The summed E-state index contributed by atoms with van der Waals surface area (Å²) in [6.07, 6.45) is 0. The minimum absolute atomic E-state index is 0.437. The normalized spacial score (nSPS) is 11.4. The smallest absolute Gasteiger partial charge is 0.161 e. The molecule has 0 saturated heterocycles. The van der Waals surface area contributed by atoms with E-state index in [9.17, 15) is 0 Å². The van der Waals surface area contributed by atoms with Gasteiger partial charge in [0.05, 0.1) is 5.69 Å². The molecule has 146 valence electrons. The molecule has 1 aromatic heterocycles. The third kappa shape index (κ3) is 3.04. The van der Waals surface area contributed by atoms with Gasteiger partial charge in [0, 0.05) is 17.2 Å². The van der Waals surface area contributed by atoms with Gasteiger partial charge >= 0.3 is 0 Å². The fourth-order valence-electron chi connectivity index (χ4n) is 4.35. The Morgan fingerprint density at radius 2 is 1.00 bits per heavy atom. The summed E-state index contributed by atoms with van der Waals surface area (Å²) in [5.74, 6) is 0.630. The summed E-state index contributed by atoms with van der Waals surface area (Å²) in [6, 6.07) is 35.4. The maximum absolute atomic E-state index is 6.39. The Morgan fingerprint density at radius 1 is 0.452 bits per heavy atom. The number of hydrogen-bond acceptors (Lipinski definition) is 2. The Balaban J connectivity index is 1.63. The molecule has 6 aromatic rings. The fourth-order valence-corrected chi connectivity index (χ4v) is 4.53. The van der Waals surface area contributed by atoms with E-state index in [0.717, 1.165) is 16.8 Å². The van der Waals surface area contributed by atoms with Crippen LogP contribution < -0.4 is 0 Å². The van der Waals surface area contributed by atoms with Crippen molar-refractivity contribution in [3.8, 4) is 22.6 Å². The average Bonchev–Trinajstić information content (AvgIpc) is 2.84. The molecule has 6 rings (SSSR count). The molecule has 0 atom stereocenters. The molecule has 0 bridgehead atoms. The number of fused-ring (bicyclic) bond motifs is 6. The molecular formula is C28H17ClN2. The summed E-state index contributed by atoms with van der Waals surface area (Å²) in [5.41, 5.74) is 2.79. The first-order valence-corrected chi connectivity index (χ1v) is 10.6. The number of hydrogen-bond donors (Lipinski definition) is 0. The van der Waals surface area contributed by atoms with E-state index >= 15 is 0 Å². The number of rotatable bonds is 2. The van der Waals surface area contributed by atoms with Crippen LogP contribution in [-0.4, -0.2) is 9.97 Å². The standard InChI is InChI=1S/C28H17ClN2/c29-27-17-26(18-8-2-1-3-9-18)30-28(31-27)19-14-15-24-22-12-5-4-10-20(22)21-11-6-7-13-23(21)25(24)16-19/h1-17H. The molecule has 2 nitrogen and oxygen atoms in total. The van der Waals surface area contributed by atoms with Gasteiger partial charge in [0.25, 0.3) is 0 Å². The maximum Gasteiger partial charge on any atom is 0.161 e. The molecule has 0 spiro atoms. The van der Waals surface area contributed by atoms with Crippen molar-refractivity contribution in [1.29, 1.82) is 0 Å². The largest absolute Gasteiger partial charge is 0.228 e. The first kappa shape index (κ1) is 18.1. The first-order chi connectivity index (χ1) is 15.3. The zero-order valence-electron chi connectivity index (χ0n) is 16.6. The number of halogens is 1. The van der Waals surface area contributed by atoms with Crippen molar-refractivity contribution in [3.63, 3.8) is 0 Å². The Bertz CT molecular complexity index is 1550. The van der Waals surface area contributed by atoms with Crippen LogP contribution in [0.1, 0.15) is 0 Å². The molecule has 0 N–H and O–H groups in total. The van der Waals surface area contributed by atoms with Crippen LogP contribution >= 0.6 is 11.6 Å². The van der Waals surface area contributed by atoms with Gasteiger partial charge in [0.1, 0.15) is 5.15 Å². The maximum atomic E-state index is 6.39.